The van der Waals surface area contributed by atoms with Crippen molar-refractivity contribution in [2.45, 2.75) is 6.04 Å². The van der Waals surface area contributed by atoms with Crippen LogP contribution in [0, 0.1) is 0 Å². The third kappa shape index (κ3) is 4.20. The van der Waals surface area contributed by atoms with E-state index in [-0.39, 0.29) is 30.7 Å². The number of halogens is 2. The molecule has 3 aromatic rings. The van der Waals surface area contributed by atoms with Crippen LogP contribution in [0.3, 0.4) is 0 Å². The van der Waals surface area contributed by atoms with E-state index in [2.05, 4.69) is 10.3 Å². The maximum absolute atomic E-state index is 12.3. The SMILES string of the molecule is Cl.Cl.NC(C(=O)Nc1cccc2ncccc12)c1ccccc1. The molecule has 0 aliphatic carbocycles. The number of carbonyl (C=O) groups excluding carboxylic acids is 1. The van der Waals surface area contributed by atoms with Gasteiger partial charge in [-0.2, -0.15) is 0 Å². The number of rotatable bonds is 3. The van der Waals surface area contributed by atoms with E-state index >= 15 is 0 Å². The molecule has 1 unspecified atom stereocenters. The molecule has 0 fully saturated rings. The summed E-state index contributed by atoms with van der Waals surface area (Å²) < 4.78 is 0. The Kier molecular flexibility index (Phi) is 6.97. The van der Waals surface area contributed by atoms with E-state index < -0.39 is 6.04 Å². The zero-order valence-corrected chi connectivity index (χ0v) is 13.8. The van der Waals surface area contributed by atoms with Gasteiger partial charge in [0.05, 0.1) is 11.2 Å². The molecule has 3 rings (SSSR count). The molecular weight excluding hydrogens is 333 g/mol. The summed E-state index contributed by atoms with van der Waals surface area (Å²) in [6.45, 7) is 0. The van der Waals surface area contributed by atoms with E-state index in [1.165, 1.54) is 0 Å². The van der Waals surface area contributed by atoms with Crippen LogP contribution >= 0.6 is 24.8 Å². The summed E-state index contributed by atoms with van der Waals surface area (Å²) in [4.78, 5) is 16.6. The Labute approximate surface area is 146 Å². The van der Waals surface area contributed by atoms with Crippen LogP contribution in [0.5, 0.6) is 0 Å². The van der Waals surface area contributed by atoms with E-state index in [0.717, 1.165) is 22.2 Å². The van der Waals surface area contributed by atoms with Crippen molar-refractivity contribution in [3.8, 4) is 0 Å². The third-order valence-corrected chi connectivity index (χ3v) is 3.34. The minimum Gasteiger partial charge on any atom is -0.324 e. The van der Waals surface area contributed by atoms with Crippen LogP contribution in [0.2, 0.25) is 0 Å². The number of pyridine rings is 1. The molecular formula is C17H17Cl2N3O. The fourth-order valence-electron chi connectivity index (χ4n) is 2.23. The number of nitrogens with two attached hydrogens (primary N) is 1. The largest absolute Gasteiger partial charge is 0.324 e. The number of hydrogen-bond donors (Lipinski definition) is 2. The lowest BCUT2D eigenvalue weighted by Gasteiger charge is -2.13. The second kappa shape index (κ2) is 8.48. The highest BCUT2D eigenvalue weighted by molar-refractivity contribution is 6.03. The lowest BCUT2D eigenvalue weighted by Crippen LogP contribution is -2.27. The van der Waals surface area contributed by atoms with Crippen molar-refractivity contribution < 1.29 is 4.79 Å². The first kappa shape index (κ1) is 18.9. The van der Waals surface area contributed by atoms with Crippen molar-refractivity contribution in [1.29, 1.82) is 0 Å². The van der Waals surface area contributed by atoms with E-state index in [9.17, 15) is 4.79 Å². The molecule has 23 heavy (non-hydrogen) atoms. The van der Waals surface area contributed by atoms with Gasteiger partial charge in [0, 0.05) is 11.6 Å². The molecule has 4 nitrogen and oxygen atoms in total. The highest BCUT2D eigenvalue weighted by Gasteiger charge is 2.16. The molecule has 120 valence electrons. The molecule has 6 heteroatoms. The quantitative estimate of drug-likeness (QED) is 0.757. The fraction of sp³-hybridized carbons (Fsp3) is 0.0588. The van der Waals surface area contributed by atoms with Crippen molar-refractivity contribution in [3.63, 3.8) is 0 Å². The lowest BCUT2D eigenvalue weighted by molar-refractivity contribution is -0.117. The predicted octanol–water partition coefficient (Wildman–Crippen LogP) is 3.72. The Hall–Kier alpha value is -2.14. The second-order valence-electron chi connectivity index (χ2n) is 4.75. The molecule has 0 aliphatic rings. The van der Waals surface area contributed by atoms with E-state index in [0.29, 0.717) is 0 Å². The molecule has 0 saturated heterocycles. The van der Waals surface area contributed by atoms with Gasteiger partial charge in [0.1, 0.15) is 6.04 Å². The lowest BCUT2D eigenvalue weighted by atomic mass is 10.1. The van der Waals surface area contributed by atoms with Crippen molar-refractivity contribution >= 4 is 47.3 Å². The molecule has 0 spiro atoms. The number of benzene rings is 2. The zero-order valence-electron chi connectivity index (χ0n) is 12.2. The number of fused-ring (bicyclic) bond motifs is 1. The topological polar surface area (TPSA) is 68.0 Å². The van der Waals surface area contributed by atoms with Gasteiger partial charge in [0.2, 0.25) is 5.91 Å². The minimum absolute atomic E-state index is 0. The Bertz CT molecular complexity index is 776. The summed E-state index contributed by atoms with van der Waals surface area (Å²) in [6, 6.07) is 18.0. The molecule has 0 saturated carbocycles. The second-order valence-corrected chi connectivity index (χ2v) is 4.75. The number of aromatic nitrogens is 1. The highest BCUT2D eigenvalue weighted by atomic mass is 35.5. The first-order valence-electron chi connectivity index (χ1n) is 6.71. The van der Waals surface area contributed by atoms with Crippen molar-refractivity contribution in [2.24, 2.45) is 5.73 Å². The summed E-state index contributed by atoms with van der Waals surface area (Å²) in [6.07, 6.45) is 1.73. The molecule has 1 amide bonds. The van der Waals surface area contributed by atoms with Crippen molar-refractivity contribution in [2.75, 3.05) is 5.32 Å². The zero-order chi connectivity index (χ0) is 14.7. The first-order valence-corrected chi connectivity index (χ1v) is 6.71. The first-order chi connectivity index (χ1) is 10.3. The molecule has 1 atom stereocenters. The molecule has 0 radical (unpaired) electrons. The maximum atomic E-state index is 12.3. The standard InChI is InChI=1S/C17H15N3O.2ClH/c18-16(12-6-2-1-3-7-12)17(21)20-15-10-4-9-14-13(15)8-5-11-19-14;;/h1-11,16H,18H2,(H,20,21);2*1H. The average Bonchev–Trinajstić information content (AvgIpc) is 2.55. The highest BCUT2D eigenvalue weighted by Crippen LogP contribution is 2.22. The number of anilines is 1. The Morgan fingerprint density at radius 1 is 0.957 bits per heavy atom. The van der Waals surface area contributed by atoms with E-state index in [1.54, 1.807) is 6.20 Å². The minimum atomic E-state index is -0.696. The average molecular weight is 350 g/mol. The van der Waals surface area contributed by atoms with Crippen LogP contribution in [0.15, 0.2) is 66.9 Å². The van der Waals surface area contributed by atoms with Crippen LogP contribution in [-0.4, -0.2) is 10.9 Å². The van der Waals surface area contributed by atoms with Gasteiger partial charge in [-0.25, -0.2) is 0 Å². The summed E-state index contributed by atoms with van der Waals surface area (Å²) in [5.74, 6) is -0.238. The maximum Gasteiger partial charge on any atom is 0.245 e. The Morgan fingerprint density at radius 3 is 2.43 bits per heavy atom. The van der Waals surface area contributed by atoms with E-state index in [1.807, 2.05) is 60.7 Å². The Morgan fingerprint density at radius 2 is 1.70 bits per heavy atom. The molecule has 3 N–H and O–H groups in total. The van der Waals surface area contributed by atoms with Crippen LogP contribution in [0.1, 0.15) is 11.6 Å². The van der Waals surface area contributed by atoms with Gasteiger partial charge in [-0.1, -0.05) is 36.4 Å². The predicted molar refractivity (Wildman–Crippen MR) is 98.2 cm³/mol. The normalized spacial score (nSPS) is 11.0. The number of amides is 1. The molecule has 2 aromatic carbocycles. The van der Waals surface area contributed by atoms with Crippen LogP contribution in [0.4, 0.5) is 5.69 Å². The summed E-state index contributed by atoms with van der Waals surface area (Å²) >= 11 is 0. The number of nitrogens with one attached hydrogen (secondary N) is 1. The Balaban J connectivity index is 0.00000132. The van der Waals surface area contributed by atoms with Crippen molar-refractivity contribution in [1.82, 2.24) is 4.98 Å². The van der Waals surface area contributed by atoms with Gasteiger partial charge in [-0.05, 0) is 29.8 Å². The summed E-state index contributed by atoms with van der Waals surface area (Å²) in [7, 11) is 0. The summed E-state index contributed by atoms with van der Waals surface area (Å²) in [5, 5.41) is 3.78. The van der Waals surface area contributed by atoms with Gasteiger partial charge in [0.15, 0.2) is 0 Å². The summed E-state index contributed by atoms with van der Waals surface area (Å²) in [5.41, 5.74) is 8.34. The van der Waals surface area contributed by atoms with Gasteiger partial charge in [-0.3, -0.25) is 9.78 Å². The van der Waals surface area contributed by atoms with Crippen LogP contribution in [0.25, 0.3) is 10.9 Å². The van der Waals surface area contributed by atoms with Gasteiger partial charge < -0.3 is 11.1 Å². The molecule has 1 aromatic heterocycles. The third-order valence-electron chi connectivity index (χ3n) is 3.34. The van der Waals surface area contributed by atoms with Gasteiger partial charge >= 0.3 is 0 Å². The molecule has 0 aliphatic heterocycles. The smallest absolute Gasteiger partial charge is 0.245 e. The van der Waals surface area contributed by atoms with Gasteiger partial charge in [-0.15, -0.1) is 24.8 Å². The fourth-order valence-corrected chi connectivity index (χ4v) is 2.23. The van der Waals surface area contributed by atoms with Crippen LogP contribution in [-0.2, 0) is 4.79 Å². The van der Waals surface area contributed by atoms with E-state index in [4.69, 9.17) is 5.73 Å². The van der Waals surface area contributed by atoms with Crippen molar-refractivity contribution in [3.05, 3.63) is 72.4 Å². The molecule has 0 bridgehead atoms. The number of hydrogen-bond acceptors (Lipinski definition) is 3. The number of nitrogens with zero attached hydrogens (tertiary/aromatic N) is 1. The van der Waals surface area contributed by atoms with Crippen LogP contribution < -0.4 is 11.1 Å². The van der Waals surface area contributed by atoms with Gasteiger partial charge in [0.25, 0.3) is 0 Å². The number of carbonyl (C=O) groups is 1. The monoisotopic (exact) mass is 349 g/mol. The molecule has 1 heterocycles.